The highest BCUT2D eigenvalue weighted by Gasteiger charge is 2.33. The minimum Gasteiger partial charge on any atom is -0.492 e. The van der Waals surface area contributed by atoms with E-state index in [-0.39, 0.29) is 29.7 Å². The van der Waals surface area contributed by atoms with Crippen LogP contribution < -0.4 is 5.32 Å². The van der Waals surface area contributed by atoms with Crippen molar-refractivity contribution >= 4 is 17.5 Å². The Morgan fingerprint density at radius 1 is 0.763 bits per heavy atom. The molecule has 0 radical (unpaired) electrons. The molecule has 0 spiro atoms. The molecular formula is C32H55NO5. The summed E-state index contributed by atoms with van der Waals surface area (Å²) in [6.45, 7) is 9.84. The van der Waals surface area contributed by atoms with Crippen LogP contribution in [0.2, 0.25) is 0 Å². The van der Waals surface area contributed by atoms with Gasteiger partial charge in [-0.05, 0) is 47.0 Å². The summed E-state index contributed by atoms with van der Waals surface area (Å²) in [7, 11) is 1.46. The third-order valence-electron chi connectivity index (χ3n) is 6.96. The SMILES string of the molecule is CCCCCCCCCCCCCCCCC1=C(OC)C(=O)C(C)=C(NCCCC(=O)OC(C)(C)C)C1=O. The van der Waals surface area contributed by atoms with E-state index in [0.717, 1.165) is 19.3 Å². The van der Waals surface area contributed by atoms with Crippen molar-refractivity contribution < 1.29 is 23.9 Å². The average Bonchev–Trinajstić information content (AvgIpc) is 2.85. The highest BCUT2D eigenvalue weighted by atomic mass is 16.6. The topological polar surface area (TPSA) is 81.7 Å². The zero-order valence-corrected chi connectivity index (χ0v) is 25.3. The number of nitrogens with one attached hydrogen (secondary N) is 1. The number of carbonyl (C=O) groups excluding carboxylic acids is 3. The summed E-state index contributed by atoms with van der Waals surface area (Å²) < 4.78 is 10.7. The van der Waals surface area contributed by atoms with Crippen LogP contribution in [0.4, 0.5) is 0 Å². The Hall–Kier alpha value is -2.11. The Bertz CT molecular complexity index is 803. The molecule has 0 heterocycles. The van der Waals surface area contributed by atoms with Gasteiger partial charge in [-0.25, -0.2) is 0 Å². The molecule has 0 aromatic heterocycles. The van der Waals surface area contributed by atoms with E-state index in [4.69, 9.17) is 9.47 Å². The first-order valence-electron chi connectivity index (χ1n) is 15.2. The van der Waals surface area contributed by atoms with Gasteiger partial charge >= 0.3 is 5.97 Å². The molecule has 6 heteroatoms. The molecule has 6 nitrogen and oxygen atoms in total. The predicted octanol–water partition coefficient (Wildman–Crippen LogP) is 7.90. The van der Waals surface area contributed by atoms with Gasteiger partial charge in [-0.3, -0.25) is 14.4 Å². The van der Waals surface area contributed by atoms with E-state index in [1.165, 1.54) is 77.7 Å². The molecule has 1 aliphatic rings. The van der Waals surface area contributed by atoms with Gasteiger partial charge in [-0.1, -0.05) is 90.4 Å². The van der Waals surface area contributed by atoms with E-state index in [1.807, 2.05) is 20.8 Å². The molecule has 0 aliphatic heterocycles. The van der Waals surface area contributed by atoms with E-state index in [0.29, 0.717) is 36.2 Å². The molecule has 0 aromatic rings. The summed E-state index contributed by atoms with van der Waals surface area (Å²) in [5, 5.41) is 3.11. The normalized spacial score (nSPS) is 14.4. The third kappa shape index (κ3) is 13.6. The van der Waals surface area contributed by atoms with E-state index in [9.17, 15) is 14.4 Å². The largest absolute Gasteiger partial charge is 0.492 e. The summed E-state index contributed by atoms with van der Waals surface area (Å²) in [6, 6.07) is 0. The Labute approximate surface area is 232 Å². The zero-order valence-electron chi connectivity index (χ0n) is 25.3. The average molecular weight is 534 g/mol. The van der Waals surface area contributed by atoms with Gasteiger partial charge in [0, 0.05) is 24.1 Å². The van der Waals surface area contributed by atoms with Crippen molar-refractivity contribution in [1.82, 2.24) is 5.32 Å². The Morgan fingerprint density at radius 2 is 1.26 bits per heavy atom. The van der Waals surface area contributed by atoms with Crippen molar-refractivity contribution in [2.45, 2.75) is 149 Å². The Kier molecular flexibility index (Phi) is 17.0. The fraction of sp³-hybridized carbons (Fsp3) is 0.781. The number of hydrogen-bond acceptors (Lipinski definition) is 6. The van der Waals surface area contributed by atoms with Gasteiger partial charge in [0.05, 0.1) is 12.8 Å². The first-order valence-corrected chi connectivity index (χ1v) is 15.2. The van der Waals surface area contributed by atoms with Crippen LogP contribution in [0.5, 0.6) is 0 Å². The first kappa shape index (κ1) is 33.9. The highest BCUT2D eigenvalue weighted by Crippen LogP contribution is 2.28. The maximum atomic E-state index is 13.2. The van der Waals surface area contributed by atoms with Crippen LogP contribution in [0.25, 0.3) is 0 Å². The molecular weight excluding hydrogens is 478 g/mol. The van der Waals surface area contributed by atoms with Crippen molar-refractivity contribution in [3.8, 4) is 0 Å². The third-order valence-corrected chi connectivity index (χ3v) is 6.96. The summed E-state index contributed by atoms with van der Waals surface area (Å²) in [5.74, 6) is -0.481. The van der Waals surface area contributed by atoms with Crippen LogP contribution in [0.15, 0.2) is 22.6 Å². The number of allylic oxidation sites excluding steroid dienone is 2. The second-order valence-corrected chi connectivity index (χ2v) is 11.6. The number of Topliss-reactive ketones (excluding diaryl/α,β-unsaturated/α-hetero) is 2. The number of esters is 1. The monoisotopic (exact) mass is 533 g/mol. The number of unbranched alkanes of at least 4 members (excludes halogenated alkanes) is 13. The van der Waals surface area contributed by atoms with Crippen LogP contribution in [-0.4, -0.2) is 36.8 Å². The molecule has 0 aromatic carbocycles. The van der Waals surface area contributed by atoms with E-state index in [2.05, 4.69) is 12.2 Å². The van der Waals surface area contributed by atoms with Gasteiger partial charge in [0.25, 0.3) is 0 Å². The fourth-order valence-electron chi connectivity index (χ4n) is 4.84. The zero-order chi connectivity index (χ0) is 28.4. The van der Waals surface area contributed by atoms with Crippen molar-refractivity contribution in [3.05, 3.63) is 22.6 Å². The van der Waals surface area contributed by atoms with Gasteiger partial charge in [-0.15, -0.1) is 0 Å². The van der Waals surface area contributed by atoms with Crippen LogP contribution in [0.1, 0.15) is 144 Å². The lowest BCUT2D eigenvalue weighted by molar-refractivity contribution is -0.154. The van der Waals surface area contributed by atoms with Crippen molar-refractivity contribution in [2.24, 2.45) is 0 Å². The van der Waals surface area contributed by atoms with Gasteiger partial charge in [-0.2, -0.15) is 0 Å². The lowest BCUT2D eigenvalue weighted by Crippen LogP contribution is -2.32. The molecule has 0 bridgehead atoms. The Morgan fingerprint density at radius 3 is 1.74 bits per heavy atom. The van der Waals surface area contributed by atoms with Crippen LogP contribution in [0.3, 0.4) is 0 Å². The molecule has 1 N–H and O–H groups in total. The van der Waals surface area contributed by atoms with Crippen LogP contribution in [0, 0.1) is 0 Å². The molecule has 1 rings (SSSR count). The van der Waals surface area contributed by atoms with Crippen molar-refractivity contribution in [3.63, 3.8) is 0 Å². The number of ketones is 2. The molecule has 0 saturated carbocycles. The van der Waals surface area contributed by atoms with Crippen LogP contribution >= 0.6 is 0 Å². The Balaban J connectivity index is 2.35. The molecule has 1 aliphatic carbocycles. The number of rotatable bonds is 21. The summed E-state index contributed by atoms with van der Waals surface area (Å²) in [5.41, 5.74) is 0.657. The van der Waals surface area contributed by atoms with Gasteiger partial charge in [0.1, 0.15) is 5.60 Å². The van der Waals surface area contributed by atoms with Gasteiger partial charge < -0.3 is 14.8 Å². The fourth-order valence-corrected chi connectivity index (χ4v) is 4.84. The lowest BCUT2D eigenvalue weighted by atomic mass is 9.89. The minimum atomic E-state index is -0.515. The molecule has 0 unspecified atom stereocenters. The van der Waals surface area contributed by atoms with E-state index in [1.54, 1.807) is 6.92 Å². The van der Waals surface area contributed by atoms with Crippen molar-refractivity contribution in [1.29, 1.82) is 0 Å². The lowest BCUT2D eigenvalue weighted by Gasteiger charge is -2.22. The predicted molar refractivity (Wildman–Crippen MR) is 155 cm³/mol. The standard InChI is InChI=1S/C32H55NO5/c1-7-8-9-10-11-12-13-14-15-16-17-18-19-20-22-26-30(36)28(25(2)29(35)31(26)37-6)33-24-21-23-27(34)38-32(3,4)5/h33H,7-24H2,1-6H3. The molecule has 0 atom stereocenters. The minimum absolute atomic E-state index is 0.161. The number of carbonyl (C=O) groups is 3. The van der Waals surface area contributed by atoms with E-state index >= 15 is 0 Å². The number of methoxy groups -OCH3 is 1. The second-order valence-electron chi connectivity index (χ2n) is 11.6. The van der Waals surface area contributed by atoms with E-state index < -0.39 is 5.60 Å². The molecule has 0 amide bonds. The smallest absolute Gasteiger partial charge is 0.306 e. The maximum absolute atomic E-state index is 13.2. The van der Waals surface area contributed by atoms with Crippen molar-refractivity contribution in [2.75, 3.05) is 13.7 Å². The molecule has 0 fully saturated rings. The number of ether oxygens (including phenoxy) is 2. The van der Waals surface area contributed by atoms with Gasteiger partial charge in [0.15, 0.2) is 5.76 Å². The maximum Gasteiger partial charge on any atom is 0.306 e. The second kappa shape index (κ2) is 19.0. The first-order chi connectivity index (χ1) is 18.1. The number of hydrogen-bond donors (Lipinski definition) is 1. The molecule has 38 heavy (non-hydrogen) atoms. The highest BCUT2D eigenvalue weighted by molar-refractivity contribution is 6.23. The van der Waals surface area contributed by atoms with Crippen LogP contribution in [-0.2, 0) is 23.9 Å². The summed E-state index contributed by atoms with van der Waals surface area (Å²) in [4.78, 5) is 38.0. The van der Waals surface area contributed by atoms with Gasteiger partial charge in [0.2, 0.25) is 11.6 Å². The summed E-state index contributed by atoms with van der Waals surface area (Å²) >= 11 is 0. The molecule has 218 valence electrons. The molecule has 0 saturated heterocycles. The quantitative estimate of drug-likeness (QED) is 0.0917. The summed E-state index contributed by atoms with van der Waals surface area (Å²) in [6.07, 6.45) is 19.1.